The standard InChI is InChI=1S/C58H104N30O11/c59-22-4-3-14-35(85-51(97)42(29-31-30-80-34-13-2-1-11-32(31)34)88-44(90)33(60)12-5-23-74-53(62)63)45(91)81-36(15-6-24-75-54(64)65)46(92)82-38(17-8-26-77-56(68)69)48(94)86-40(20-21-43(61)89)50(96)84-37(16-7-25-76-55(66)67)47(93)83-39(18-9-27-78-57(70)71)49(95)87-41(52(98)99)19-10-28-79-58(72)73/h1-2,11,13,30,33,35-42,80H,3-10,12,14-29,59-60H2,(H2,61,89)(H,81,91)(H,82,92)(H,83,93)(H,84,96)(H,85,97)(H,86,94)(H,87,95)(H,88,90)(H,98,99)(H4,62,63,74)(H4,64,65,75)(H4,66,67,76)(H4,68,69,77)(H4,70,71,78)(H4,72,73,79)/t33-,35+,36+,37+,38-,39+,40+,41-,42+/m1/s1. The molecule has 0 saturated heterocycles. The van der Waals surface area contributed by atoms with Crippen molar-refractivity contribution < 1.29 is 53.1 Å². The van der Waals surface area contributed by atoms with Gasteiger partial charge in [0.15, 0.2) is 35.8 Å². The Kier molecular flexibility index (Phi) is 39.3. The first-order chi connectivity index (χ1) is 46.9. The van der Waals surface area contributed by atoms with Crippen molar-refractivity contribution in [2.24, 2.45) is 116 Å². The van der Waals surface area contributed by atoms with Crippen molar-refractivity contribution in [1.82, 2.24) is 47.5 Å². The number of nitrogens with two attached hydrogens (primary N) is 15. The van der Waals surface area contributed by atoms with Crippen LogP contribution in [0, 0.1) is 0 Å². The fourth-order valence-corrected chi connectivity index (χ4v) is 9.73. The minimum atomic E-state index is -1.70. The number of aliphatic carboxylic acids is 1. The van der Waals surface area contributed by atoms with Gasteiger partial charge in [0.1, 0.15) is 48.3 Å². The number of aromatic nitrogens is 1. The number of fused-ring (bicyclic) bond motifs is 1. The number of aliphatic imine (C=N–C) groups is 6. The number of carbonyl (C=O) groups is 10. The van der Waals surface area contributed by atoms with Gasteiger partial charge in [0.05, 0.1) is 6.04 Å². The van der Waals surface area contributed by atoms with Gasteiger partial charge in [-0.25, -0.2) is 4.79 Å². The van der Waals surface area contributed by atoms with E-state index >= 15 is 0 Å². The molecule has 41 heteroatoms. The van der Waals surface area contributed by atoms with Crippen molar-refractivity contribution in [3.05, 3.63) is 36.0 Å². The molecule has 0 aliphatic rings. The summed E-state index contributed by atoms with van der Waals surface area (Å²) in [6.07, 6.45) is 1.07. The molecule has 0 saturated carbocycles. The van der Waals surface area contributed by atoms with Gasteiger partial charge in [0.2, 0.25) is 53.2 Å². The largest absolute Gasteiger partial charge is 0.480 e. The number of H-pyrrole nitrogens is 1. The lowest BCUT2D eigenvalue weighted by Gasteiger charge is -2.28. The molecule has 1 aromatic carbocycles. The van der Waals surface area contributed by atoms with E-state index in [-0.39, 0.29) is 165 Å². The maximum atomic E-state index is 14.8. The number of amides is 9. The van der Waals surface area contributed by atoms with Gasteiger partial charge in [-0.1, -0.05) is 18.2 Å². The van der Waals surface area contributed by atoms with Crippen LogP contribution in [0.4, 0.5) is 0 Å². The average Bonchev–Trinajstić information content (AvgIpc) is 1.76. The number of benzene rings is 1. The van der Waals surface area contributed by atoms with E-state index < -0.39 is 126 Å². The van der Waals surface area contributed by atoms with E-state index in [1.165, 1.54) is 0 Å². The second-order valence-corrected chi connectivity index (χ2v) is 23.0. The van der Waals surface area contributed by atoms with Crippen LogP contribution in [0.15, 0.2) is 60.4 Å². The Labute approximate surface area is 572 Å². The molecule has 0 radical (unpaired) electrons. The fraction of sp³-hybridized carbons (Fsp3) is 0.586. The summed E-state index contributed by atoms with van der Waals surface area (Å²) in [5.41, 5.74) is 85.2. The second kappa shape index (κ2) is 46.2. The van der Waals surface area contributed by atoms with Crippen LogP contribution in [-0.4, -0.2) is 205 Å². The molecule has 41 nitrogen and oxygen atoms in total. The lowest BCUT2D eigenvalue weighted by molar-refractivity contribution is -0.142. The molecule has 99 heavy (non-hydrogen) atoms. The maximum absolute atomic E-state index is 14.8. The van der Waals surface area contributed by atoms with Crippen LogP contribution < -0.4 is 129 Å². The van der Waals surface area contributed by atoms with E-state index in [0.717, 1.165) is 10.9 Å². The monoisotopic (exact) mass is 1400 g/mol. The lowest BCUT2D eigenvalue weighted by Crippen LogP contribution is -2.60. The normalized spacial score (nSPS) is 13.6. The van der Waals surface area contributed by atoms with E-state index in [4.69, 9.17) is 86.0 Å². The summed E-state index contributed by atoms with van der Waals surface area (Å²) in [5.74, 6) is -11.2. The number of unbranched alkanes of at least 4 members (excludes halogenated alkanes) is 1. The number of primary amides is 1. The molecule has 0 aliphatic heterocycles. The molecule has 0 spiro atoms. The van der Waals surface area contributed by atoms with E-state index in [1.807, 2.05) is 18.2 Å². The number of carboxylic acids is 1. The highest BCUT2D eigenvalue weighted by Gasteiger charge is 2.36. The topological polar surface area (TPSA) is 767 Å². The summed E-state index contributed by atoms with van der Waals surface area (Å²) in [4.78, 5) is 167. The minimum Gasteiger partial charge on any atom is -0.480 e. The Morgan fingerprint density at radius 2 is 0.667 bits per heavy atom. The summed E-state index contributed by atoms with van der Waals surface area (Å²) >= 11 is 0. The first kappa shape index (κ1) is 84.1. The number of carbonyl (C=O) groups excluding carboxylic acids is 9. The van der Waals surface area contributed by atoms with Gasteiger partial charge in [-0.3, -0.25) is 73.1 Å². The van der Waals surface area contributed by atoms with Crippen molar-refractivity contribution in [1.29, 1.82) is 0 Å². The number of nitrogens with zero attached hydrogens (tertiary/aromatic N) is 6. The van der Waals surface area contributed by atoms with Crippen molar-refractivity contribution >= 4 is 106 Å². The summed E-state index contributed by atoms with van der Waals surface area (Å²) < 4.78 is 0. The predicted molar refractivity (Wildman–Crippen MR) is 374 cm³/mol. The first-order valence-electron chi connectivity index (χ1n) is 32.2. The molecule has 9 amide bonds. The number of hydrogen-bond donors (Lipinski definition) is 25. The van der Waals surface area contributed by atoms with Gasteiger partial charge < -0.3 is 139 Å². The van der Waals surface area contributed by atoms with Gasteiger partial charge in [-0.2, -0.15) is 0 Å². The Balaban J connectivity index is 2.67. The zero-order valence-electron chi connectivity index (χ0n) is 55.6. The zero-order valence-corrected chi connectivity index (χ0v) is 55.6. The Bertz CT molecular complexity index is 3130. The summed E-state index contributed by atoms with van der Waals surface area (Å²) in [6.45, 7) is 0.209. The highest BCUT2D eigenvalue weighted by Crippen LogP contribution is 2.20. The summed E-state index contributed by atoms with van der Waals surface area (Å²) in [5, 5.41) is 31.6. The molecule has 0 aliphatic carbocycles. The first-order valence-corrected chi connectivity index (χ1v) is 32.2. The van der Waals surface area contributed by atoms with E-state index in [0.29, 0.717) is 24.8 Å². The van der Waals surface area contributed by atoms with Crippen LogP contribution in [0.2, 0.25) is 0 Å². The third-order valence-electron chi connectivity index (χ3n) is 14.8. The van der Waals surface area contributed by atoms with E-state index in [2.05, 4.69) is 77.5 Å². The van der Waals surface area contributed by atoms with Crippen LogP contribution in [0.3, 0.4) is 0 Å². The highest BCUT2D eigenvalue weighted by molar-refractivity contribution is 5.99. The van der Waals surface area contributed by atoms with Crippen molar-refractivity contribution in [3.8, 4) is 0 Å². The predicted octanol–water partition coefficient (Wildman–Crippen LogP) is -9.28. The number of guanidine groups is 6. The molecular formula is C58H104N30O11. The van der Waals surface area contributed by atoms with Crippen LogP contribution in [0.1, 0.15) is 115 Å². The number of aromatic amines is 1. The summed E-state index contributed by atoms with van der Waals surface area (Å²) in [7, 11) is 0. The Morgan fingerprint density at radius 3 is 1.00 bits per heavy atom. The molecule has 0 fully saturated rings. The van der Waals surface area contributed by atoms with Gasteiger partial charge in [0, 0.05) is 69.2 Å². The molecule has 1 aromatic heterocycles. The Hall–Kier alpha value is -11.0. The smallest absolute Gasteiger partial charge is 0.326 e. The van der Waals surface area contributed by atoms with Crippen LogP contribution in [0.5, 0.6) is 0 Å². The molecule has 2 rings (SSSR count). The quantitative estimate of drug-likeness (QED) is 0.0166. The number of hydrogen-bond acceptors (Lipinski definition) is 18. The van der Waals surface area contributed by atoms with E-state index in [9.17, 15) is 53.1 Å². The number of nitrogens with one attached hydrogen (secondary N) is 9. The second-order valence-electron chi connectivity index (χ2n) is 23.0. The summed E-state index contributed by atoms with van der Waals surface area (Å²) in [6, 6.07) is -5.86. The van der Waals surface area contributed by atoms with Gasteiger partial charge in [-0.15, -0.1) is 0 Å². The van der Waals surface area contributed by atoms with Gasteiger partial charge in [-0.05, 0) is 121 Å². The number of rotatable bonds is 50. The average molecular weight is 1400 g/mol. The van der Waals surface area contributed by atoms with Crippen molar-refractivity contribution in [2.75, 3.05) is 45.8 Å². The fourth-order valence-electron chi connectivity index (χ4n) is 9.73. The molecule has 9 atom stereocenters. The molecule has 1 heterocycles. The molecule has 40 N–H and O–H groups in total. The zero-order chi connectivity index (χ0) is 74.0. The molecule has 0 unspecified atom stereocenters. The number of carboxylic acid groups (broad SMARTS) is 1. The molecule has 552 valence electrons. The van der Waals surface area contributed by atoms with Crippen molar-refractivity contribution in [3.63, 3.8) is 0 Å². The van der Waals surface area contributed by atoms with Crippen LogP contribution in [0.25, 0.3) is 10.9 Å². The molecule has 2 aromatic rings. The van der Waals surface area contributed by atoms with Crippen molar-refractivity contribution in [2.45, 2.75) is 170 Å². The lowest BCUT2D eigenvalue weighted by atomic mass is 10.0. The maximum Gasteiger partial charge on any atom is 0.326 e. The Morgan fingerprint density at radius 1 is 0.374 bits per heavy atom. The highest BCUT2D eigenvalue weighted by atomic mass is 16.4. The third kappa shape index (κ3) is 35.5. The van der Waals surface area contributed by atoms with Crippen LogP contribution >= 0.6 is 0 Å². The van der Waals surface area contributed by atoms with Gasteiger partial charge in [0.25, 0.3) is 0 Å². The number of para-hydroxylation sites is 1. The SMILES string of the molecule is NCCCC[C@H](NC(=O)[C@H](Cc1c[nH]c2ccccc12)NC(=O)[C@H](N)CCCN=C(N)N)C(=O)N[C@@H](CCCN=C(N)N)C(=O)N[C@H](CCCN=C(N)N)C(=O)N[C@@H](CCC(N)=O)C(=O)N[C@@H](CCCN=C(N)N)C(=O)N[C@@H](CCCN=C(N)N)C(=O)N[C@H](CCCN=C(N)N)C(=O)O. The van der Waals surface area contributed by atoms with E-state index in [1.54, 1.807) is 12.3 Å². The molecule has 0 bridgehead atoms. The van der Waals surface area contributed by atoms with Crippen LogP contribution in [-0.2, 0) is 54.4 Å². The minimum absolute atomic E-state index is 0.00815. The van der Waals surface area contributed by atoms with Gasteiger partial charge >= 0.3 is 5.97 Å². The molecular weight excluding hydrogens is 1290 g/mol. The third-order valence-corrected chi connectivity index (χ3v) is 14.8.